The lowest BCUT2D eigenvalue weighted by Crippen LogP contribution is -2.79. The van der Waals surface area contributed by atoms with Gasteiger partial charge in [0.25, 0.3) is 0 Å². The Bertz CT molecular complexity index is 1560. The summed E-state index contributed by atoms with van der Waals surface area (Å²) < 4.78 is 29.0. The number of hydrogen-bond donors (Lipinski definition) is 1. The predicted octanol–water partition coefficient (Wildman–Crippen LogP) is 4.80. The molecule has 1 saturated heterocycles. The molecule has 0 radical (unpaired) electrons. The molecule has 10 atom stereocenters. The van der Waals surface area contributed by atoms with Crippen molar-refractivity contribution in [3.8, 4) is 0 Å². The van der Waals surface area contributed by atoms with Crippen molar-refractivity contribution >= 4 is 29.7 Å². The SMILES string of the molecule is CC[C@H](C)C(=O)O[C@@H]1[C@@]2(C)C[C@]3(OC(=O)C(C)C)[C@@](C)([C@@H]4CC[C@@]5(C)C(=C4C(=O)[C@@]13O)CC(=O)O[C@H]5c1ccoc1)[C@@H]2CC(=O)OC. The Labute approximate surface area is 274 Å². The lowest BCUT2D eigenvalue weighted by atomic mass is 9.41. The van der Waals surface area contributed by atoms with Gasteiger partial charge in [-0.1, -0.05) is 48.5 Å². The Morgan fingerprint density at radius 3 is 2.40 bits per heavy atom. The normalized spacial score (nSPS) is 40.8. The summed E-state index contributed by atoms with van der Waals surface area (Å²) in [5, 5.41) is 13.2. The number of ketones is 1. The third-order valence-corrected chi connectivity index (χ3v) is 12.8. The first-order valence-electron chi connectivity index (χ1n) is 16.7. The van der Waals surface area contributed by atoms with E-state index in [0.717, 1.165) is 0 Å². The molecule has 0 unspecified atom stereocenters. The first-order chi connectivity index (χ1) is 22.0. The molecule has 47 heavy (non-hydrogen) atoms. The molecule has 1 N–H and O–H groups in total. The van der Waals surface area contributed by atoms with Gasteiger partial charge in [0.1, 0.15) is 12.2 Å². The zero-order valence-corrected chi connectivity index (χ0v) is 28.5. The van der Waals surface area contributed by atoms with Crippen molar-refractivity contribution in [1.82, 2.24) is 0 Å². The monoisotopic (exact) mass is 654 g/mol. The van der Waals surface area contributed by atoms with Gasteiger partial charge in [0, 0.05) is 40.2 Å². The number of carbonyl (C=O) groups is 5. The minimum absolute atomic E-state index is 0.00657. The van der Waals surface area contributed by atoms with Crippen LogP contribution in [-0.4, -0.2) is 59.2 Å². The minimum Gasteiger partial charge on any atom is -0.472 e. The molecule has 2 bridgehead atoms. The lowest BCUT2D eigenvalue weighted by Gasteiger charge is -2.66. The second kappa shape index (κ2) is 10.8. The van der Waals surface area contributed by atoms with Gasteiger partial charge in [0.15, 0.2) is 11.4 Å². The van der Waals surface area contributed by atoms with Gasteiger partial charge in [0.2, 0.25) is 5.60 Å². The Morgan fingerprint density at radius 1 is 1.11 bits per heavy atom. The van der Waals surface area contributed by atoms with Crippen LogP contribution in [0.3, 0.4) is 0 Å². The molecule has 1 aromatic heterocycles. The van der Waals surface area contributed by atoms with Crippen LogP contribution < -0.4 is 0 Å². The third-order valence-electron chi connectivity index (χ3n) is 12.8. The number of rotatable bonds is 8. The standard InChI is InChI=1S/C36H46O11/c1-9-19(4)30(41)46-31-33(6)17-35(47-29(40)18(2)3)34(7,23(33)15-24(37)43-8)21-10-12-32(5)22(26(21)27(39)36(31,35)42)14-25(38)45-28(32)20-11-13-44-16-20/h11,13,16,18-19,21,23,28,31,42H,9-10,12,14-15,17H2,1-8H3/t19-,21+,23+,28-,31+,32-,33-,34-,35-,36+/m0/s1. The molecular weight excluding hydrogens is 608 g/mol. The number of cyclic esters (lactones) is 1. The fraction of sp³-hybridized carbons (Fsp3) is 0.694. The molecule has 2 heterocycles. The Balaban J connectivity index is 1.65. The van der Waals surface area contributed by atoms with Crippen LogP contribution in [0.2, 0.25) is 0 Å². The smallest absolute Gasteiger partial charge is 0.310 e. The predicted molar refractivity (Wildman–Crippen MR) is 164 cm³/mol. The topological polar surface area (TPSA) is 156 Å². The molecule has 4 aliphatic carbocycles. The maximum Gasteiger partial charge on any atom is 0.310 e. The van der Waals surface area contributed by atoms with Gasteiger partial charge in [-0.2, -0.15) is 0 Å². The van der Waals surface area contributed by atoms with Crippen molar-refractivity contribution in [2.75, 3.05) is 7.11 Å². The molecule has 11 nitrogen and oxygen atoms in total. The highest BCUT2D eigenvalue weighted by Crippen LogP contribution is 2.81. The average molecular weight is 655 g/mol. The summed E-state index contributed by atoms with van der Waals surface area (Å²) in [5.41, 5.74) is -6.06. The second-order valence-electron chi connectivity index (χ2n) is 15.4. The highest BCUT2D eigenvalue weighted by Gasteiger charge is 2.92. The second-order valence-corrected chi connectivity index (χ2v) is 15.4. The van der Waals surface area contributed by atoms with Crippen LogP contribution in [-0.2, 0) is 42.9 Å². The average Bonchev–Trinajstić information content (AvgIpc) is 3.68. The molecule has 256 valence electrons. The Hall–Kier alpha value is -3.47. The summed E-state index contributed by atoms with van der Waals surface area (Å²) in [7, 11) is 1.29. The molecule has 5 aliphatic rings. The molecular formula is C36H46O11. The van der Waals surface area contributed by atoms with Crippen LogP contribution in [0.15, 0.2) is 34.2 Å². The number of fused-ring (bicyclic) bond motifs is 4. The number of methoxy groups -OCH3 is 1. The molecule has 3 saturated carbocycles. The largest absolute Gasteiger partial charge is 0.472 e. The van der Waals surface area contributed by atoms with Crippen LogP contribution >= 0.6 is 0 Å². The summed E-state index contributed by atoms with van der Waals surface area (Å²) in [6.07, 6.45) is 1.89. The summed E-state index contributed by atoms with van der Waals surface area (Å²) in [6, 6.07) is 1.72. The van der Waals surface area contributed by atoms with E-state index >= 15 is 4.79 Å². The van der Waals surface area contributed by atoms with E-state index in [2.05, 4.69) is 0 Å². The van der Waals surface area contributed by atoms with Crippen molar-refractivity contribution in [2.24, 2.45) is 39.9 Å². The van der Waals surface area contributed by atoms with Crippen molar-refractivity contribution in [3.63, 3.8) is 0 Å². The van der Waals surface area contributed by atoms with Gasteiger partial charge >= 0.3 is 23.9 Å². The molecule has 1 aromatic rings. The molecule has 11 heteroatoms. The zero-order valence-electron chi connectivity index (χ0n) is 28.5. The van der Waals surface area contributed by atoms with E-state index in [1.807, 2.05) is 27.7 Å². The molecule has 6 rings (SSSR count). The fourth-order valence-electron chi connectivity index (χ4n) is 10.2. The highest BCUT2D eigenvalue weighted by molar-refractivity contribution is 6.08. The van der Waals surface area contributed by atoms with Gasteiger partial charge in [-0.25, -0.2) is 0 Å². The van der Waals surface area contributed by atoms with Gasteiger partial charge in [0.05, 0.1) is 37.9 Å². The molecule has 1 aliphatic heterocycles. The molecule has 0 amide bonds. The molecule has 0 spiro atoms. The zero-order chi connectivity index (χ0) is 34.5. The van der Waals surface area contributed by atoms with Gasteiger partial charge in [-0.3, -0.25) is 24.0 Å². The van der Waals surface area contributed by atoms with Crippen molar-refractivity contribution in [2.45, 2.75) is 110 Å². The van der Waals surface area contributed by atoms with Crippen molar-refractivity contribution in [1.29, 1.82) is 0 Å². The van der Waals surface area contributed by atoms with Gasteiger partial charge < -0.3 is 28.5 Å². The van der Waals surface area contributed by atoms with E-state index in [4.69, 9.17) is 23.4 Å². The number of furan rings is 1. The fourth-order valence-corrected chi connectivity index (χ4v) is 10.2. The van der Waals surface area contributed by atoms with Crippen molar-refractivity contribution < 1.29 is 52.4 Å². The van der Waals surface area contributed by atoms with E-state index < -0.39 is 93.0 Å². The Kier molecular flexibility index (Phi) is 7.66. The maximum absolute atomic E-state index is 15.3. The first kappa shape index (κ1) is 33.4. The number of esters is 4. The van der Waals surface area contributed by atoms with Crippen LogP contribution in [0.25, 0.3) is 0 Å². The number of carbonyl (C=O) groups excluding carboxylic acids is 5. The summed E-state index contributed by atoms with van der Waals surface area (Å²) in [4.78, 5) is 68.9. The number of hydrogen-bond acceptors (Lipinski definition) is 11. The quantitative estimate of drug-likeness (QED) is 0.304. The van der Waals surface area contributed by atoms with E-state index in [9.17, 15) is 24.3 Å². The van der Waals surface area contributed by atoms with E-state index in [1.165, 1.54) is 19.6 Å². The maximum atomic E-state index is 15.3. The van der Waals surface area contributed by atoms with E-state index in [-0.39, 0.29) is 24.8 Å². The highest BCUT2D eigenvalue weighted by atomic mass is 16.6. The summed E-state index contributed by atoms with van der Waals surface area (Å²) >= 11 is 0. The van der Waals surface area contributed by atoms with Crippen LogP contribution in [0, 0.1) is 39.9 Å². The first-order valence-corrected chi connectivity index (χ1v) is 16.7. The third kappa shape index (κ3) is 4.10. The van der Waals surface area contributed by atoms with Gasteiger partial charge in [-0.05, 0) is 42.7 Å². The van der Waals surface area contributed by atoms with Gasteiger partial charge in [-0.15, -0.1) is 0 Å². The van der Waals surface area contributed by atoms with Crippen molar-refractivity contribution in [3.05, 3.63) is 35.3 Å². The lowest BCUT2D eigenvalue weighted by molar-refractivity contribution is -0.280. The molecule has 0 aromatic carbocycles. The van der Waals surface area contributed by atoms with E-state index in [0.29, 0.717) is 30.4 Å². The summed E-state index contributed by atoms with van der Waals surface area (Å²) in [5.74, 6) is -5.36. The van der Waals surface area contributed by atoms with Crippen LogP contribution in [0.5, 0.6) is 0 Å². The Morgan fingerprint density at radius 2 is 1.81 bits per heavy atom. The summed E-state index contributed by atoms with van der Waals surface area (Å²) in [6.45, 7) is 12.5. The van der Waals surface area contributed by atoms with Crippen LogP contribution in [0.1, 0.15) is 98.7 Å². The number of ether oxygens (including phenoxy) is 4. The minimum atomic E-state index is -2.50. The van der Waals surface area contributed by atoms with Crippen LogP contribution in [0.4, 0.5) is 0 Å². The molecule has 4 fully saturated rings. The number of aliphatic hydroxyl groups is 1. The number of Topliss-reactive ketones (excluding diaryl/α,β-unsaturated/α-hetero) is 1. The van der Waals surface area contributed by atoms with E-state index in [1.54, 1.807) is 26.8 Å².